The molecule has 0 bridgehead atoms. The standard InChI is InChI=1S/C24H29N3O3S2/c1-16(28)25-19-7-5-6-18(13-19)22-15-26(2)24(29)21-14-20(31-23(21)22)12-17-8-10-27(11-9-17)32(3,4)30/h5-7,13-15,17H,3,8-12H2,1-2,4H3,(H,25,28). The Kier molecular flexibility index (Phi) is 6.29. The molecule has 0 saturated carbocycles. The topological polar surface area (TPSA) is 71.4 Å². The zero-order chi connectivity index (χ0) is 23.0. The number of amides is 1. The lowest BCUT2D eigenvalue weighted by Crippen LogP contribution is -2.38. The van der Waals surface area contributed by atoms with Crippen LogP contribution in [0.4, 0.5) is 5.69 Å². The van der Waals surface area contributed by atoms with Crippen molar-refractivity contribution in [2.75, 3.05) is 24.7 Å². The van der Waals surface area contributed by atoms with Gasteiger partial charge in [0.15, 0.2) is 0 Å². The van der Waals surface area contributed by atoms with Crippen molar-refractivity contribution in [2.24, 2.45) is 13.0 Å². The number of pyridine rings is 1. The zero-order valence-corrected chi connectivity index (χ0v) is 20.4. The molecule has 8 heteroatoms. The van der Waals surface area contributed by atoms with Crippen LogP contribution < -0.4 is 10.9 Å². The first-order chi connectivity index (χ1) is 15.1. The summed E-state index contributed by atoms with van der Waals surface area (Å²) in [6.45, 7) is 3.09. The molecule has 6 nitrogen and oxygen atoms in total. The number of nitrogens with one attached hydrogen (secondary N) is 1. The number of hydrogen-bond acceptors (Lipinski definition) is 4. The van der Waals surface area contributed by atoms with Gasteiger partial charge in [-0.15, -0.1) is 11.3 Å². The lowest BCUT2D eigenvalue weighted by molar-refractivity contribution is -0.114. The van der Waals surface area contributed by atoms with Crippen molar-refractivity contribution < 1.29 is 9.00 Å². The highest BCUT2D eigenvalue weighted by molar-refractivity contribution is 7.97. The number of hydrogen-bond donors (Lipinski definition) is 1. The summed E-state index contributed by atoms with van der Waals surface area (Å²) in [6, 6.07) is 9.75. The van der Waals surface area contributed by atoms with Gasteiger partial charge in [-0.25, -0.2) is 4.31 Å². The minimum absolute atomic E-state index is 0.00173. The second-order valence-corrected chi connectivity index (χ2v) is 12.3. The number of carbonyl (C=O) groups is 1. The summed E-state index contributed by atoms with van der Waals surface area (Å²) >= 11 is 1.68. The van der Waals surface area contributed by atoms with Crippen molar-refractivity contribution in [3.8, 4) is 11.1 Å². The molecule has 2 aromatic heterocycles. The Morgan fingerprint density at radius 3 is 2.66 bits per heavy atom. The van der Waals surface area contributed by atoms with Crippen molar-refractivity contribution >= 4 is 48.6 Å². The minimum Gasteiger partial charge on any atom is -0.326 e. The molecule has 3 aromatic rings. The van der Waals surface area contributed by atoms with Crippen LogP contribution >= 0.6 is 11.3 Å². The Morgan fingerprint density at radius 2 is 2.00 bits per heavy atom. The molecule has 170 valence electrons. The smallest absolute Gasteiger partial charge is 0.259 e. The normalized spacial score (nSPS) is 17.3. The first-order valence-corrected chi connectivity index (χ1v) is 13.6. The van der Waals surface area contributed by atoms with Crippen molar-refractivity contribution in [2.45, 2.75) is 26.2 Å². The molecule has 0 aliphatic carbocycles. The highest BCUT2D eigenvalue weighted by atomic mass is 32.2. The van der Waals surface area contributed by atoms with E-state index < -0.39 is 9.71 Å². The number of carbonyl (C=O) groups excluding carboxylic acids is 1. The minimum atomic E-state index is -2.13. The summed E-state index contributed by atoms with van der Waals surface area (Å²) in [5, 5.41) is 3.57. The lowest BCUT2D eigenvalue weighted by atomic mass is 9.94. The SMILES string of the molecule is C=S(C)(=O)N1CCC(Cc2cc3c(=O)n(C)cc(-c4cccc(NC(C)=O)c4)c3s2)CC1. The molecule has 1 aromatic carbocycles. The fourth-order valence-corrected chi connectivity index (χ4v) is 6.64. The highest BCUT2D eigenvalue weighted by Crippen LogP contribution is 2.36. The monoisotopic (exact) mass is 471 g/mol. The van der Waals surface area contributed by atoms with Gasteiger partial charge >= 0.3 is 0 Å². The molecule has 1 aliphatic rings. The molecule has 32 heavy (non-hydrogen) atoms. The first kappa shape index (κ1) is 22.8. The summed E-state index contributed by atoms with van der Waals surface area (Å²) in [7, 11) is -0.360. The van der Waals surface area contributed by atoms with Gasteiger partial charge in [-0.3, -0.25) is 13.8 Å². The molecule has 4 rings (SSSR count). The molecule has 1 amide bonds. The van der Waals surface area contributed by atoms with Crippen LogP contribution in [0.25, 0.3) is 21.2 Å². The number of nitrogens with zero attached hydrogens (tertiary/aromatic N) is 2. The van der Waals surface area contributed by atoms with Crippen LogP contribution in [0.3, 0.4) is 0 Å². The summed E-state index contributed by atoms with van der Waals surface area (Å²) < 4.78 is 16.8. The Bertz CT molecular complexity index is 1330. The lowest BCUT2D eigenvalue weighted by Gasteiger charge is -2.32. The number of aromatic nitrogens is 1. The van der Waals surface area contributed by atoms with Gasteiger partial charge in [-0.05, 0) is 54.8 Å². The Morgan fingerprint density at radius 1 is 1.28 bits per heavy atom. The van der Waals surface area contributed by atoms with E-state index in [0.717, 1.165) is 59.3 Å². The maximum absolute atomic E-state index is 12.9. The Hall–Kier alpha value is -2.42. The fourth-order valence-electron chi connectivity index (χ4n) is 4.36. The van der Waals surface area contributed by atoms with Gasteiger partial charge in [0.2, 0.25) is 5.91 Å². The number of thiophene rings is 1. The molecule has 0 radical (unpaired) electrons. The molecule has 1 saturated heterocycles. The zero-order valence-electron chi connectivity index (χ0n) is 18.7. The third-order valence-corrected chi connectivity index (χ3v) is 8.65. The van der Waals surface area contributed by atoms with Crippen LogP contribution in [0.5, 0.6) is 0 Å². The predicted molar refractivity (Wildman–Crippen MR) is 136 cm³/mol. The molecule has 0 spiro atoms. The van der Waals surface area contributed by atoms with Crippen LogP contribution in [-0.2, 0) is 28.0 Å². The summed E-state index contributed by atoms with van der Waals surface area (Å²) in [5.41, 5.74) is 2.69. The van der Waals surface area contributed by atoms with E-state index in [4.69, 9.17) is 0 Å². The molecular weight excluding hydrogens is 442 g/mol. The second-order valence-electron chi connectivity index (χ2n) is 8.71. The average Bonchev–Trinajstić information content (AvgIpc) is 3.14. The van der Waals surface area contributed by atoms with E-state index in [1.807, 2.05) is 40.8 Å². The number of anilines is 1. The van der Waals surface area contributed by atoms with Gasteiger partial charge < -0.3 is 9.88 Å². The number of benzene rings is 1. The van der Waals surface area contributed by atoms with Crippen LogP contribution in [0.2, 0.25) is 0 Å². The maximum atomic E-state index is 12.9. The predicted octanol–water partition coefficient (Wildman–Crippen LogP) is 3.74. The van der Waals surface area contributed by atoms with E-state index >= 15 is 0 Å². The largest absolute Gasteiger partial charge is 0.326 e. The average molecular weight is 472 g/mol. The van der Waals surface area contributed by atoms with Crippen LogP contribution in [0.1, 0.15) is 24.6 Å². The van der Waals surface area contributed by atoms with Crippen molar-refractivity contribution in [1.29, 1.82) is 0 Å². The molecule has 1 fully saturated rings. The van der Waals surface area contributed by atoms with E-state index in [9.17, 15) is 13.8 Å². The quantitative estimate of drug-likeness (QED) is 0.576. The Labute approximate surface area is 193 Å². The van der Waals surface area contributed by atoms with Gasteiger partial charge in [0.1, 0.15) is 0 Å². The van der Waals surface area contributed by atoms with Crippen molar-refractivity contribution in [3.05, 3.63) is 51.8 Å². The fraction of sp³-hybridized carbons (Fsp3) is 0.375. The number of rotatable bonds is 5. The van der Waals surface area contributed by atoms with Gasteiger partial charge in [-0.2, -0.15) is 0 Å². The van der Waals surface area contributed by atoms with Gasteiger partial charge in [0.05, 0.1) is 5.39 Å². The maximum Gasteiger partial charge on any atom is 0.259 e. The third-order valence-electron chi connectivity index (χ3n) is 6.00. The third kappa shape index (κ3) is 4.82. The molecular formula is C24H29N3O3S2. The van der Waals surface area contributed by atoms with E-state index in [1.165, 1.54) is 11.8 Å². The molecule has 1 unspecified atom stereocenters. The molecule has 1 N–H and O–H groups in total. The molecule has 1 aliphatic heterocycles. The van der Waals surface area contributed by atoms with Crippen molar-refractivity contribution in [1.82, 2.24) is 8.87 Å². The van der Waals surface area contributed by atoms with E-state index in [0.29, 0.717) is 5.92 Å². The van der Waals surface area contributed by atoms with Crippen LogP contribution in [-0.4, -0.2) is 44.2 Å². The first-order valence-electron chi connectivity index (χ1n) is 10.7. The Balaban J connectivity index is 1.65. The summed E-state index contributed by atoms with van der Waals surface area (Å²) in [5.74, 6) is 4.20. The van der Waals surface area contributed by atoms with Crippen molar-refractivity contribution in [3.63, 3.8) is 0 Å². The highest BCUT2D eigenvalue weighted by Gasteiger charge is 2.23. The van der Waals surface area contributed by atoms with E-state index in [1.54, 1.807) is 29.2 Å². The van der Waals surface area contributed by atoms with E-state index in [-0.39, 0.29) is 11.5 Å². The summed E-state index contributed by atoms with van der Waals surface area (Å²) in [4.78, 5) is 25.5. The molecule has 3 heterocycles. The number of piperidine rings is 1. The van der Waals surface area contributed by atoms with Gasteiger partial charge in [0.25, 0.3) is 5.56 Å². The van der Waals surface area contributed by atoms with E-state index in [2.05, 4.69) is 11.2 Å². The van der Waals surface area contributed by atoms with Crippen LogP contribution in [0.15, 0.2) is 41.3 Å². The van der Waals surface area contributed by atoms with Gasteiger partial charge in [-0.1, -0.05) is 12.1 Å². The van der Waals surface area contributed by atoms with Crippen LogP contribution in [0, 0.1) is 5.92 Å². The number of aryl methyl sites for hydroxylation is 1. The second kappa shape index (κ2) is 8.84. The molecule has 1 atom stereocenters. The van der Waals surface area contributed by atoms with Gasteiger partial charge in [0, 0.05) is 70.0 Å². The number of fused-ring (bicyclic) bond motifs is 1. The summed E-state index contributed by atoms with van der Waals surface area (Å²) in [6.07, 6.45) is 6.47.